The monoisotopic (exact) mass is 257 g/mol. The maximum Gasteiger partial charge on any atom is 0.308 e. The van der Waals surface area contributed by atoms with Gasteiger partial charge in [0.25, 0.3) is 0 Å². The molecule has 0 spiro atoms. The highest BCUT2D eigenvalue weighted by Gasteiger charge is 2.17. The zero-order chi connectivity index (χ0) is 13.7. The molecule has 0 heterocycles. The summed E-state index contributed by atoms with van der Waals surface area (Å²) < 4.78 is 10.6. The average molecular weight is 257 g/mol. The molecule has 0 saturated heterocycles. The summed E-state index contributed by atoms with van der Waals surface area (Å²) >= 11 is 0. The molecule has 4 nitrogen and oxygen atoms in total. The van der Waals surface area contributed by atoms with E-state index in [2.05, 4.69) is 0 Å². The van der Waals surface area contributed by atoms with E-state index in [9.17, 15) is 4.79 Å². The SMILES string of the molecule is CC(=O)OC1=CCC(=N)CC1=COc1ccccc1. The number of para-hydroxylation sites is 1. The van der Waals surface area contributed by atoms with Crippen molar-refractivity contribution in [2.75, 3.05) is 0 Å². The second-order valence-electron chi connectivity index (χ2n) is 4.22. The molecule has 98 valence electrons. The van der Waals surface area contributed by atoms with Crippen LogP contribution in [0, 0.1) is 5.41 Å². The first-order valence-electron chi connectivity index (χ1n) is 6.01. The number of benzene rings is 1. The molecule has 1 aliphatic carbocycles. The van der Waals surface area contributed by atoms with Crippen LogP contribution in [0.15, 0.2) is 54.0 Å². The van der Waals surface area contributed by atoms with Crippen molar-refractivity contribution >= 4 is 11.7 Å². The Morgan fingerprint density at radius 3 is 2.74 bits per heavy atom. The van der Waals surface area contributed by atoms with E-state index >= 15 is 0 Å². The number of hydrogen-bond acceptors (Lipinski definition) is 4. The molecule has 0 saturated carbocycles. The van der Waals surface area contributed by atoms with Crippen LogP contribution in [0.25, 0.3) is 0 Å². The summed E-state index contributed by atoms with van der Waals surface area (Å²) in [6, 6.07) is 9.32. The molecule has 0 aromatic heterocycles. The molecule has 19 heavy (non-hydrogen) atoms. The van der Waals surface area contributed by atoms with Crippen LogP contribution in [-0.4, -0.2) is 11.7 Å². The Kier molecular flexibility index (Phi) is 4.13. The smallest absolute Gasteiger partial charge is 0.308 e. The minimum Gasteiger partial charge on any atom is -0.465 e. The van der Waals surface area contributed by atoms with Gasteiger partial charge in [-0.25, -0.2) is 0 Å². The Morgan fingerprint density at radius 2 is 2.05 bits per heavy atom. The van der Waals surface area contributed by atoms with Crippen LogP contribution in [-0.2, 0) is 9.53 Å². The predicted octanol–water partition coefficient (Wildman–Crippen LogP) is 3.21. The van der Waals surface area contributed by atoms with Crippen LogP contribution < -0.4 is 4.74 Å². The third-order valence-corrected chi connectivity index (χ3v) is 2.59. The molecule has 0 unspecified atom stereocenters. The molecule has 0 radical (unpaired) electrons. The quantitative estimate of drug-likeness (QED) is 0.668. The van der Waals surface area contributed by atoms with E-state index in [1.54, 1.807) is 6.08 Å². The van der Waals surface area contributed by atoms with Gasteiger partial charge < -0.3 is 14.9 Å². The zero-order valence-electron chi connectivity index (χ0n) is 10.7. The van der Waals surface area contributed by atoms with Gasteiger partial charge in [-0.15, -0.1) is 0 Å². The summed E-state index contributed by atoms with van der Waals surface area (Å²) in [6.45, 7) is 1.36. The van der Waals surface area contributed by atoms with Crippen molar-refractivity contribution in [3.05, 3.63) is 54.0 Å². The Bertz CT molecular complexity index is 544. The number of carbonyl (C=O) groups is 1. The number of ether oxygens (including phenoxy) is 2. The van der Waals surface area contributed by atoms with E-state index in [1.807, 2.05) is 30.3 Å². The molecule has 1 aliphatic rings. The van der Waals surface area contributed by atoms with Crippen LogP contribution in [0.1, 0.15) is 19.8 Å². The lowest BCUT2D eigenvalue weighted by molar-refractivity contribution is -0.136. The maximum absolute atomic E-state index is 11.0. The van der Waals surface area contributed by atoms with Gasteiger partial charge in [-0.2, -0.15) is 0 Å². The normalized spacial score (nSPS) is 17.0. The van der Waals surface area contributed by atoms with Gasteiger partial charge in [-0.3, -0.25) is 4.79 Å². The first-order valence-corrected chi connectivity index (χ1v) is 6.01. The van der Waals surface area contributed by atoms with Crippen molar-refractivity contribution < 1.29 is 14.3 Å². The lowest BCUT2D eigenvalue weighted by atomic mass is 9.99. The van der Waals surface area contributed by atoms with Gasteiger partial charge in [0.05, 0.1) is 6.26 Å². The van der Waals surface area contributed by atoms with Crippen LogP contribution in [0.3, 0.4) is 0 Å². The molecule has 1 aromatic carbocycles. The highest BCUT2D eigenvalue weighted by molar-refractivity contribution is 5.88. The topological polar surface area (TPSA) is 59.4 Å². The van der Waals surface area contributed by atoms with E-state index in [1.165, 1.54) is 13.2 Å². The Morgan fingerprint density at radius 1 is 1.32 bits per heavy atom. The summed E-state index contributed by atoms with van der Waals surface area (Å²) in [7, 11) is 0. The second-order valence-corrected chi connectivity index (χ2v) is 4.22. The number of carbonyl (C=O) groups excluding carboxylic acids is 1. The van der Waals surface area contributed by atoms with Gasteiger partial charge in [0.15, 0.2) is 0 Å². The van der Waals surface area contributed by atoms with E-state index < -0.39 is 0 Å². The number of allylic oxidation sites excluding steroid dienone is 2. The Labute approximate surface area is 111 Å². The first kappa shape index (κ1) is 13.1. The maximum atomic E-state index is 11.0. The second kappa shape index (κ2) is 6.00. The van der Waals surface area contributed by atoms with Crippen LogP contribution in [0.5, 0.6) is 5.75 Å². The third-order valence-electron chi connectivity index (χ3n) is 2.59. The van der Waals surface area contributed by atoms with Crippen molar-refractivity contribution in [1.29, 1.82) is 5.41 Å². The third kappa shape index (κ3) is 3.81. The van der Waals surface area contributed by atoms with Crippen molar-refractivity contribution in [3.63, 3.8) is 0 Å². The van der Waals surface area contributed by atoms with Gasteiger partial charge in [0.2, 0.25) is 0 Å². The minimum atomic E-state index is -0.370. The van der Waals surface area contributed by atoms with Crippen molar-refractivity contribution in [2.45, 2.75) is 19.8 Å². The number of esters is 1. The van der Waals surface area contributed by atoms with Gasteiger partial charge in [0, 0.05) is 31.1 Å². The van der Waals surface area contributed by atoms with Gasteiger partial charge in [0.1, 0.15) is 11.5 Å². The molecular weight excluding hydrogens is 242 g/mol. The van der Waals surface area contributed by atoms with Crippen LogP contribution in [0.2, 0.25) is 0 Å². The van der Waals surface area contributed by atoms with Gasteiger partial charge >= 0.3 is 5.97 Å². The summed E-state index contributed by atoms with van der Waals surface area (Å²) in [5.41, 5.74) is 1.27. The summed E-state index contributed by atoms with van der Waals surface area (Å²) in [5, 5.41) is 7.69. The Balaban J connectivity index is 2.15. The van der Waals surface area contributed by atoms with E-state index in [0.29, 0.717) is 35.6 Å². The average Bonchev–Trinajstić information content (AvgIpc) is 2.40. The zero-order valence-corrected chi connectivity index (χ0v) is 10.7. The van der Waals surface area contributed by atoms with Gasteiger partial charge in [-0.05, 0) is 18.2 Å². The standard InChI is InChI=1S/C15H15NO3/c1-11(17)19-15-8-7-13(16)9-12(15)10-18-14-5-3-2-4-6-14/h2-6,8,10,16H,7,9H2,1H3. The van der Waals surface area contributed by atoms with E-state index in [4.69, 9.17) is 14.9 Å². The lowest BCUT2D eigenvalue weighted by Crippen LogP contribution is -2.11. The van der Waals surface area contributed by atoms with Crippen molar-refractivity contribution in [2.24, 2.45) is 0 Å². The van der Waals surface area contributed by atoms with E-state index in [-0.39, 0.29) is 5.97 Å². The molecule has 1 N–H and O–H groups in total. The molecular formula is C15H15NO3. The van der Waals surface area contributed by atoms with Crippen molar-refractivity contribution in [3.8, 4) is 5.75 Å². The Hall–Kier alpha value is -2.36. The largest absolute Gasteiger partial charge is 0.465 e. The molecule has 0 amide bonds. The number of nitrogens with one attached hydrogen (secondary N) is 1. The molecule has 4 heteroatoms. The van der Waals surface area contributed by atoms with Crippen molar-refractivity contribution in [1.82, 2.24) is 0 Å². The number of hydrogen-bond donors (Lipinski definition) is 1. The van der Waals surface area contributed by atoms with Gasteiger partial charge in [-0.1, -0.05) is 18.2 Å². The predicted molar refractivity (Wildman–Crippen MR) is 72.0 cm³/mol. The summed E-state index contributed by atoms with van der Waals surface area (Å²) in [6.07, 6.45) is 4.21. The minimum absolute atomic E-state index is 0.370. The fourth-order valence-corrected chi connectivity index (χ4v) is 1.74. The molecule has 0 fully saturated rings. The fourth-order valence-electron chi connectivity index (χ4n) is 1.74. The number of rotatable bonds is 3. The summed E-state index contributed by atoms with van der Waals surface area (Å²) in [5.74, 6) is 0.819. The molecule has 0 bridgehead atoms. The first-order chi connectivity index (χ1) is 9.15. The molecule has 0 aliphatic heterocycles. The molecule has 1 aromatic rings. The molecule has 0 atom stereocenters. The van der Waals surface area contributed by atoms with Crippen LogP contribution in [0.4, 0.5) is 0 Å². The lowest BCUT2D eigenvalue weighted by Gasteiger charge is -2.16. The summed E-state index contributed by atoms with van der Waals surface area (Å²) in [4.78, 5) is 11.0. The molecule has 2 rings (SSSR count). The van der Waals surface area contributed by atoms with E-state index in [0.717, 1.165) is 0 Å². The highest BCUT2D eigenvalue weighted by atomic mass is 16.5. The highest BCUT2D eigenvalue weighted by Crippen LogP contribution is 2.24. The fraction of sp³-hybridized carbons (Fsp3) is 0.200. The van der Waals surface area contributed by atoms with Crippen LogP contribution >= 0.6 is 0 Å².